The number of likely N-dealkylation sites (N-methyl/N-ethyl adjacent to an activating group) is 1. The Hall–Kier alpha value is -1.27. The predicted molar refractivity (Wildman–Crippen MR) is 72.7 cm³/mol. The fourth-order valence-electron chi connectivity index (χ4n) is 1.64. The highest BCUT2D eigenvalue weighted by atomic mass is 32.1. The van der Waals surface area contributed by atoms with Gasteiger partial charge < -0.3 is 5.32 Å². The quantitative estimate of drug-likeness (QED) is 0.888. The van der Waals surface area contributed by atoms with Gasteiger partial charge in [-0.1, -0.05) is 20.8 Å². The van der Waals surface area contributed by atoms with Gasteiger partial charge >= 0.3 is 0 Å². The molecular weight excluding hydrogens is 246 g/mol. The molecule has 0 spiro atoms. The van der Waals surface area contributed by atoms with Gasteiger partial charge in [0.05, 0.1) is 16.7 Å². The van der Waals surface area contributed by atoms with Crippen LogP contribution >= 0.6 is 11.3 Å². The first kappa shape index (κ1) is 13.2. The lowest BCUT2D eigenvalue weighted by atomic mass is 9.93. The number of rotatable bonds is 4. The molecule has 0 aliphatic heterocycles. The second-order valence-corrected chi connectivity index (χ2v) is 6.24. The number of thiazole rings is 1. The molecule has 0 aliphatic rings. The van der Waals surface area contributed by atoms with Crippen LogP contribution in [0, 0.1) is 0 Å². The molecule has 5 nitrogen and oxygen atoms in total. The summed E-state index contributed by atoms with van der Waals surface area (Å²) < 4.78 is 0. The molecule has 98 valence electrons. The van der Waals surface area contributed by atoms with Gasteiger partial charge in [0.1, 0.15) is 12.2 Å². The molecule has 2 heterocycles. The molecule has 0 amide bonds. The van der Waals surface area contributed by atoms with Gasteiger partial charge in [0.15, 0.2) is 0 Å². The number of nitrogens with one attached hydrogen (secondary N) is 2. The molecule has 1 atom stereocenters. The van der Waals surface area contributed by atoms with Crippen LogP contribution in [0.3, 0.4) is 0 Å². The van der Waals surface area contributed by atoms with Gasteiger partial charge in [0.2, 0.25) is 0 Å². The van der Waals surface area contributed by atoms with Crippen LogP contribution in [0.15, 0.2) is 11.7 Å². The fourth-order valence-corrected chi connectivity index (χ4v) is 2.71. The van der Waals surface area contributed by atoms with Crippen LogP contribution in [0.5, 0.6) is 0 Å². The largest absolute Gasteiger partial charge is 0.310 e. The lowest BCUT2D eigenvalue weighted by Crippen LogP contribution is -2.20. The van der Waals surface area contributed by atoms with Gasteiger partial charge in [0, 0.05) is 17.2 Å². The minimum Gasteiger partial charge on any atom is -0.310 e. The maximum absolute atomic E-state index is 4.70. The number of aromatic nitrogens is 4. The average Bonchev–Trinajstić information content (AvgIpc) is 2.95. The SMILES string of the molecule is CNC(Cc1nc(C(C)(C)C)cs1)c1ncn[nH]1. The van der Waals surface area contributed by atoms with E-state index >= 15 is 0 Å². The second-order valence-electron chi connectivity index (χ2n) is 5.29. The summed E-state index contributed by atoms with van der Waals surface area (Å²) in [5, 5.41) is 13.3. The fraction of sp³-hybridized carbons (Fsp3) is 0.583. The third-order valence-corrected chi connectivity index (χ3v) is 3.68. The predicted octanol–water partition coefficient (Wildman–Crippen LogP) is 2.06. The summed E-state index contributed by atoms with van der Waals surface area (Å²) >= 11 is 1.70. The monoisotopic (exact) mass is 265 g/mol. The van der Waals surface area contributed by atoms with E-state index in [4.69, 9.17) is 4.98 Å². The van der Waals surface area contributed by atoms with Gasteiger partial charge in [-0.05, 0) is 7.05 Å². The molecule has 2 rings (SSSR count). The zero-order valence-electron chi connectivity index (χ0n) is 11.2. The third kappa shape index (κ3) is 2.94. The molecule has 0 bridgehead atoms. The van der Waals surface area contributed by atoms with Crippen molar-refractivity contribution in [1.82, 2.24) is 25.5 Å². The normalized spacial score (nSPS) is 13.8. The molecule has 2 aromatic rings. The van der Waals surface area contributed by atoms with E-state index in [0.29, 0.717) is 0 Å². The van der Waals surface area contributed by atoms with E-state index in [1.165, 1.54) is 6.33 Å². The van der Waals surface area contributed by atoms with E-state index in [0.717, 1.165) is 22.9 Å². The number of nitrogens with zero attached hydrogens (tertiary/aromatic N) is 3. The van der Waals surface area contributed by atoms with E-state index in [9.17, 15) is 0 Å². The van der Waals surface area contributed by atoms with Crippen molar-refractivity contribution in [2.75, 3.05) is 7.05 Å². The summed E-state index contributed by atoms with van der Waals surface area (Å²) in [6.07, 6.45) is 2.36. The lowest BCUT2D eigenvalue weighted by molar-refractivity contribution is 0.546. The highest BCUT2D eigenvalue weighted by Crippen LogP contribution is 2.25. The summed E-state index contributed by atoms with van der Waals surface area (Å²) in [4.78, 5) is 8.88. The van der Waals surface area contributed by atoms with Gasteiger partial charge in [-0.2, -0.15) is 5.10 Å². The first-order chi connectivity index (χ1) is 8.50. The van der Waals surface area contributed by atoms with Crippen LogP contribution in [-0.2, 0) is 11.8 Å². The Labute approximate surface area is 111 Å². The molecule has 18 heavy (non-hydrogen) atoms. The molecule has 0 radical (unpaired) electrons. The van der Waals surface area contributed by atoms with E-state index in [1.807, 2.05) is 7.05 Å². The highest BCUT2D eigenvalue weighted by molar-refractivity contribution is 7.09. The summed E-state index contributed by atoms with van der Waals surface area (Å²) in [5.41, 5.74) is 1.26. The topological polar surface area (TPSA) is 66.5 Å². The molecule has 1 unspecified atom stereocenters. The van der Waals surface area contributed by atoms with Crippen molar-refractivity contribution in [3.63, 3.8) is 0 Å². The summed E-state index contributed by atoms with van der Waals surface area (Å²) in [7, 11) is 1.92. The number of hydrogen-bond acceptors (Lipinski definition) is 5. The minimum atomic E-state index is 0.107. The summed E-state index contributed by atoms with van der Waals surface area (Å²) in [6, 6.07) is 0.131. The molecule has 0 saturated heterocycles. The Kier molecular flexibility index (Phi) is 3.77. The molecule has 2 aromatic heterocycles. The summed E-state index contributed by atoms with van der Waals surface area (Å²) in [6.45, 7) is 6.54. The molecule has 0 fully saturated rings. The molecule has 2 N–H and O–H groups in total. The number of hydrogen-bond donors (Lipinski definition) is 2. The summed E-state index contributed by atoms with van der Waals surface area (Å²) in [5.74, 6) is 0.852. The van der Waals surface area contributed by atoms with Gasteiger partial charge in [-0.15, -0.1) is 11.3 Å². The average molecular weight is 265 g/mol. The van der Waals surface area contributed by atoms with Crippen molar-refractivity contribution < 1.29 is 0 Å². The van der Waals surface area contributed by atoms with Crippen molar-refractivity contribution in [2.24, 2.45) is 0 Å². The first-order valence-electron chi connectivity index (χ1n) is 5.98. The zero-order valence-corrected chi connectivity index (χ0v) is 12.0. The Morgan fingerprint density at radius 2 is 2.22 bits per heavy atom. The van der Waals surface area contributed by atoms with Gasteiger partial charge in [-0.25, -0.2) is 9.97 Å². The van der Waals surface area contributed by atoms with E-state index < -0.39 is 0 Å². The van der Waals surface area contributed by atoms with E-state index in [1.54, 1.807) is 11.3 Å². The van der Waals surface area contributed by atoms with Crippen LogP contribution in [0.25, 0.3) is 0 Å². The van der Waals surface area contributed by atoms with Crippen LogP contribution in [-0.4, -0.2) is 27.2 Å². The van der Waals surface area contributed by atoms with Crippen molar-refractivity contribution in [3.8, 4) is 0 Å². The lowest BCUT2D eigenvalue weighted by Gasteiger charge is -2.14. The number of aromatic amines is 1. The van der Waals surface area contributed by atoms with Crippen LogP contribution in [0.4, 0.5) is 0 Å². The molecule has 0 saturated carbocycles. The standard InChI is InChI=1S/C12H19N5S/c1-12(2,3)9-6-18-10(16-9)5-8(13-4)11-14-7-15-17-11/h6-8,13H,5H2,1-4H3,(H,14,15,17). The van der Waals surface area contributed by atoms with Crippen LogP contribution < -0.4 is 5.32 Å². The van der Waals surface area contributed by atoms with Crippen molar-refractivity contribution in [2.45, 2.75) is 38.6 Å². The Balaban J connectivity index is 2.11. The Morgan fingerprint density at radius 1 is 1.44 bits per heavy atom. The second kappa shape index (κ2) is 5.16. The molecule has 0 aliphatic carbocycles. The van der Waals surface area contributed by atoms with Crippen LogP contribution in [0.2, 0.25) is 0 Å². The van der Waals surface area contributed by atoms with Gasteiger partial charge in [-0.3, -0.25) is 5.10 Å². The minimum absolute atomic E-state index is 0.107. The highest BCUT2D eigenvalue weighted by Gasteiger charge is 2.20. The maximum Gasteiger partial charge on any atom is 0.141 e. The third-order valence-electron chi connectivity index (χ3n) is 2.81. The number of H-pyrrole nitrogens is 1. The smallest absolute Gasteiger partial charge is 0.141 e. The van der Waals surface area contributed by atoms with Crippen molar-refractivity contribution in [1.29, 1.82) is 0 Å². The van der Waals surface area contributed by atoms with Crippen molar-refractivity contribution >= 4 is 11.3 Å². The van der Waals surface area contributed by atoms with Crippen LogP contribution in [0.1, 0.15) is 43.3 Å². The molecule has 6 heteroatoms. The Morgan fingerprint density at radius 3 is 2.72 bits per heavy atom. The molecular formula is C12H19N5S. The Bertz CT molecular complexity index is 483. The van der Waals surface area contributed by atoms with E-state index in [-0.39, 0.29) is 11.5 Å². The first-order valence-corrected chi connectivity index (χ1v) is 6.86. The maximum atomic E-state index is 4.70. The van der Waals surface area contributed by atoms with E-state index in [2.05, 4.69) is 46.6 Å². The van der Waals surface area contributed by atoms with Crippen molar-refractivity contribution in [3.05, 3.63) is 28.2 Å². The molecule has 0 aromatic carbocycles. The zero-order chi connectivity index (χ0) is 13.2. The van der Waals surface area contributed by atoms with Gasteiger partial charge in [0.25, 0.3) is 0 Å².